The van der Waals surface area contributed by atoms with Crippen LogP contribution in [-0.2, 0) is 14.3 Å². The summed E-state index contributed by atoms with van der Waals surface area (Å²) in [5, 5.41) is 0.293. The first-order valence-electron chi connectivity index (χ1n) is 8.40. The minimum absolute atomic E-state index is 0.187. The molecule has 4 aliphatic carbocycles. The second-order valence-corrected chi connectivity index (χ2v) is 8.52. The van der Waals surface area contributed by atoms with Gasteiger partial charge in [0, 0.05) is 12.2 Å². The summed E-state index contributed by atoms with van der Waals surface area (Å²) in [6.07, 6.45) is 9.20. The lowest BCUT2D eigenvalue weighted by molar-refractivity contribution is -0.142. The first-order valence-corrected chi connectivity index (χ1v) is 9.38. The van der Waals surface area contributed by atoms with Crippen LogP contribution < -0.4 is 0 Å². The van der Waals surface area contributed by atoms with E-state index in [0.29, 0.717) is 29.3 Å². The molecule has 4 bridgehead atoms. The zero-order valence-corrected chi connectivity index (χ0v) is 13.8. The van der Waals surface area contributed by atoms with E-state index < -0.39 is 0 Å². The zero-order valence-electron chi connectivity index (χ0n) is 12.9. The fraction of sp³-hybridized carbons (Fsp3) is 0.882. The summed E-state index contributed by atoms with van der Waals surface area (Å²) >= 11 is 1.34. The van der Waals surface area contributed by atoms with Gasteiger partial charge in [0.15, 0.2) is 5.12 Å². The van der Waals surface area contributed by atoms with E-state index >= 15 is 0 Å². The van der Waals surface area contributed by atoms with Crippen molar-refractivity contribution in [2.75, 3.05) is 12.4 Å². The van der Waals surface area contributed by atoms with Gasteiger partial charge in [-0.25, -0.2) is 0 Å². The van der Waals surface area contributed by atoms with Gasteiger partial charge < -0.3 is 4.74 Å². The van der Waals surface area contributed by atoms with E-state index in [4.69, 9.17) is 4.74 Å². The van der Waals surface area contributed by atoms with Gasteiger partial charge in [-0.05, 0) is 68.6 Å². The number of carbonyl (C=O) groups excluding carboxylic acids is 2. The predicted octanol–water partition coefficient (Wildman–Crippen LogP) is 3.81. The van der Waals surface area contributed by atoms with Crippen LogP contribution in [0, 0.1) is 23.2 Å². The minimum atomic E-state index is -0.187. The fourth-order valence-corrected chi connectivity index (χ4v) is 6.25. The van der Waals surface area contributed by atoms with E-state index in [1.54, 1.807) is 0 Å². The molecule has 21 heavy (non-hydrogen) atoms. The number of esters is 1. The Morgan fingerprint density at radius 1 is 1.10 bits per heavy atom. The molecule has 0 aromatic heterocycles. The number of rotatable bonds is 6. The van der Waals surface area contributed by atoms with Gasteiger partial charge in [-0.3, -0.25) is 9.59 Å². The van der Waals surface area contributed by atoms with Crippen LogP contribution in [0.2, 0.25) is 0 Å². The van der Waals surface area contributed by atoms with E-state index in [1.165, 1.54) is 50.3 Å². The number of ether oxygens (including phenoxy) is 1. The van der Waals surface area contributed by atoms with Crippen LogP contribution in [0.4, 0.5) is 0 Å². The van der Waals surface area contributed by atoms with E-state index in [-0.39, 0.29) is 5.97 Å². The molecule has 4 saturated carbocycles. The van der Waals surface area contributed by atoms with Crippen LogP contribution in [0.5, 0.6) is 0 Å². The monoisotopic (exact) mass is 310 g/mol. The van der Waals surface area contributed by atoms with E-state index in [0.717, 1.165) is 24.2 Å². The van der Waals surface area contributed by atoms with Gasteiger partial charge in [0.2, 0.25) is 0 Å². The van der Waals surface area contributed by atoms with E-state index in [9.17, 15) is 9.59 Å². The Morgan fingerprint density at radius 3 is 2.19 bits per heavy atom. The molecule has 4 rings (SSSR count). The van der Waals surface area contributed by atoms with Crippen molar-refractivity contribution in [3.8, 4) is 0 Å². The van der Waals surface area contributed by atoms with Crippen LogP contribution in [0.15, 0.2) is 0 Å². The average Bonchev–Trinajstić information content (AvgIpc) is 2.36. The van der Waals surface area contributed by atoms with Gasteiger partial charge >= 0.3 is 5.97 Å². The second-order valence-electron chi connectivity index (χ2n) is 7.37. The number of hydrogen-bond donors (Lipinski definition) is 0. The molecule has 4 aliphatic rings. The van der Waals surface area contributed by atoms with Gasteiger partial charge in [0.1, 0.15) is 0 Å². The third-order valence-corrected chi connectivity index (χ3v) is 6.43. The highest BCUT2D eigenvalue weighted by Crippen LogP contribution is 2.61. The van der Waals surface area contributed by atoms with Crippen molar-refractivity contribution in [2.24, 2.45) is 23.2 Å². The van der Waals surface area contributed by atoms with Crippen LogP contribution >= 0.6 is 11.8 Å². The molecule has 0 saturated heterocycles. The average molecular weight is 310 g/mol. The molecule has 0 heterocycles. The minimum Gasteiger partial charge on any atom is -0.466 e. The van der Waals surface area contributed by atoms with Gasteiger partial charge in [-0.2, -0.15) is 0 Å². The Morgan fingerprint density at radius 2 is 1.67 bits per heavy atom. The normalized spacial score (nSPS) is 36.7. The van der Waals surface area contributed by atoms with Crippen molar-refractivity contribution in [1.82, 2.24) is 0 Å². The Kier molecular flexibility index (Phi) is 4.63. The quantitative estimate of drug-likeness (QED) is 0.700. The van der Waals surface area contributed by atoms with Crippen molar-refractivity contribution in [3.05, 3.63) is 0 Å². The highest BCUT2D eigenvalue weighted by molar-refractivity contribution is 8.13. The molecule has 118 valence electrons. The zero-order chi connectivity index (χ0) is 14.9. The Balaban J connectivity index is 1.46. The predicted molar refractivity (Wildman–Crippen MR) is 83.9 cm³/mol. The summed E-state index contributed by atoms with van der Waals surface area (Å²) in [5.74, 6) is 3.08. The van der Waals surface area contributed by atoms with E-state index in [1.807, 2.05) is 6.92 Å². The summed E-state index contributed by atoms with van der Waals surface area (Å²) < 4.78 is 4.89. The Hall–Kier alpha value is -0.510. The number of thioether (sulfide) groups is 1. The summed E-state index contributed by atoms with van der Waals surface area (Å²) in [7, 11) is 0. The maximum absolute atomic E-state index is 12.3. The molecule has 0 amide bonds. The smallest absolute Gasteiger partial charge is 0.306 e. The lowest BCUT2D eigenvalue weighted by atomic mass is 9.49. The molecule has 0 aliphatic heterocycles. The van der Waals surface area contributed by atoms with Gasteiger partial charge in [0.05, 0.1) is 13.0 Å². The van der Waals surface area contributed by atoms with Gasteiger partial charge in [-0.15, -0.1) is 0 Å². The fourth-order valence-electron chi connectivity index (χ4n) is 5.35. The summed E-state index contributed by atoms with van der Waals surface area (Å²) in [6.45, 7) is 2.23. The maximum Gasteiger partial charge on any atom is 0.306 e. The third-order valence-electron chi connectivity index (χ3n) is 5.56. The first-order chi connectivity index (χ1) is 10.1. The molecule has 0 aromatic rings. The van der Waals surface area contributed by atoms with Crippen LogP contribution in [0.1, 0.15) is 58.3 Å². The molecule has 0 unspecified atom stereocenters. The lowest BCUT2D eigenvalue weighted by Crippen LogP contribution is -2.46. The van der Waals surface area contributed by atoms with Crippen molar-refractivity contribution >= 4 is 22.8 Å². The largest absolute Gasteiger partial charge is 0.466 e. The van der Waals surface area contributed by atoms with Crippen molar-refractivity contribution in [3.63, 3.8) is 0 Å². The first kappa shape index (κ1) is 15.4. The number of hydrogen-bond acceptors (Lipinski definition) is 4. The molecular weight excluding hydrogens is 284 g/mol. The highest BCUT2D eigenvalue weighted by atomic mass is 32.2. The maximum atomic E-state index is 12.3. The molecular formula is C17H26O3S. The topological polar surface area (TPSA) is 43.4 Å². The van der Waals surface area contributed by atoms with Gasteiger partial charge in [0.25, 0.3) is 0 Å². The molecule has 0 N–H and O–H groups in total. The standard InChI is InChI=1S/C17H26O3S/c1-2-20-15(18)3-4-21-16(19)11-17-8-12-5-13(9-17)7-14(6-12)10-17/h12-14H,2-11H2,1H3. The Bertz CT molecular complexity index is 383. The number of carbonyl (C=O) groups is 2. The van der Waals surface area contributed by atoms with Crippen molar-refractivity contribution in [2.45, 2.75) is 58.3 Å². The summed E-state index contributed by atoms with van der Waals surface area (Å²) in [5.41, 5.74) is 0.322. The molecule has 4 heteroatoms. The SMILES string of the molecule is CCOC(=O)CCSC(=O)CC12CC3CC(CC(C3)C1)C2. The molecule has 4 fully saturated rings. The molecule has 0 aromatic carbocycles. The van der Waals surface area contributed by atoms with Crippen molar-refractivity contribution in [1.29, 1.82) is 0 Å². The molecule has 0 radical (unpaired) electrons. The third kappa shape index (κ3) is 3.64. The van der Waals surface area contributed by atoms with Crippen molar-refractivity contribution < 1.29 is 14.3 Å². The van der Waals surface area contributed by atoms with Gasteiger partial charge in [-0.1, -0.05) is 11.8 Å². The molecule has 0 spiro atoms. The molecule has 3 nitrogen and oxygen atoms in total. The lowest BCUT2D eigenvalue weighted by Gasteiger charge is -2.56. The van der Waals surface area contributed by atoms with E-state index in [2.05, 4.69) is 0 Å². The summed E-state index contributed by atoms with van der Waals surface area (Å²) in [4.78, 5) is 23.6. The molecule has 0 atom stereocenters. The highest BCUT2D eigenvalue weighted by Gasteiger charge is 2.51. The van der Waals surface area contributed by atoms with Crippen LogP contribution in [0.25, 0.3) is 0 Å². The van der Waals surface area contributed by atoms with Crippen LogP contribution in [-0.4, -0.2) is 23.4 Å². The van der Waals surface area contributed by atoms with Crippen LogP contribution in [0.3, 0.4) is 0 Å². The Labute approximate surface area is 131 Å². The second kappa shape index (κ2) is 6.31. The summed E-state index contributed by atoms with van der Waals surface area (Å²) in [6, 6.07) is 0.